The molecule has 2 aromatic rings. The van der Waals surface area contributed by atoms with E-state index in [4.69, 9.17) is 4.74 Å². The van der Waals surface area contributed by atoms with Crippen LogP contribution in [0.4, 0.5) is 11.4 Å². The smallest absolute Gasteiger partial charge is 0.293 e. The molecule has 1 N–H and O–H groups in total. The van der Waals surface area contributed by atoms with Crippen LogP contribution in [0.3, 0.4) is 0 Å². The topological polar surface area (TPSA) is 88.0 Å². The molecule has 1 saturated heterocycles. The third-order valence-electron chi connectivity index (χ3n) is 4.73. The van der Waals surface area contributed by atoms with E-state index >= 15 is 0 Å². The van der Waals surface area contributed by atoms with Gasteiger partial charge < -0.3 is 15.0 Å². The number of carbonyl (C=O) groups is 1. The summed E-state index contributed by atoms with van der Waals surface area (Å²) in [4.78, 5) is 28.7. The van der Waals surface area contributed by atoms with Crippen LogP contribution < -0.4 is 10.2 Å². The summed E-state index contributed by atoms with van der Waals surface area (Å²) in [7, 11) is 3.46. The summed E-state index contributed by atoms with van der Waals surface area (Å²) >= 11 is 1.66. The lowest BCUT2D eigenvalue weighted by atomic mass is 10.1. The van der Waals surface area contributed by atoms with E-state index in [0.29, 0.717) is 25.4 Å². The Kier molecular flexibility index (Phi) is 6.61. The first-order valence-corrected chi connectivity index (χ1v) is 9.94. The average molecular weight is 404 g/mol. The van der Waals surface area contributed by atoms with Crippen molar-refractivity contribution in [1.82, 2.24) is 10.2 Å². The van der Waals surface area contributed by atoms with E-state index in [9.17, 15) is 14.9 Å². The Bertz CT molecular complexity index is 819. The standard InChI is InChI=1S/C19H24N4O4S/c1-21(2)15-6-5-14(12-16(15)23(25)26)19(24)20-13-17(18-4-3-11-28-18)22-7-9-27-10-8-22/h3-6,11-12,17H,7-10,13H2,1-2H3,(H,20,24)/t17-/m0/s1. The van der Waals surface area contributed by atoms with Crippen LogP contribution in [0.15, 0.2) is 35.7 Å². The van der Waals surface area contributed by atoms with Gasteiger partial charge in [-0.1, -0.05) is 6.07 Å². The van der Waals surface area contributed by atoms with Crippen molar-refractivity contribution < 1.29 is 14.5 Å². The third kappa shape index (κ3) is 4.67. The van der Waals surface area contributed by atoms with Crippen molar-refractivity contribution in [2.45, 2.75) is 6.04 Å². The number of nitrogens with zero attached hydrogens (tertiary/aromatic N) is 3. The van der Waals surface area contributed by atoms with Crippen LogP contribution in [0.25, 0.3) is 0 Å². The number of morpholine rings is 1. The molecule has 0 saturated carbocycles. The number of nitro groups is 1. The Balaban J connectivity index is 1.74. The first-order valence-electron chi connectivity index (χ1n) is 9.06. The Hall–Kier alpha value is -2.49. The predicted octanol–water partition coefficient (Wildman–Crippen LogP) is 2.53. The normalized spacial score (nSPS) is 15.8. The summed E-state index contributed by atoms with van der Waals surface area (Å²) in [5.41, 5.74) is 0.663. The number of nitro benzene ring substituents is 1. The number of amides is 1. The molecule has 0 bridgehead atoms. The minimum absolute atomic E-state index is 0.0592. The molecular weight excluding hydrogens is 380 g/mol. The highest BCUT2D eigenvalue weighted by Gasteiger charge is 2.25. The highest BCUT2D eigenvalue weighted by Crippen LogP contribution is 2.28. The second-order valence-electron chi connectivity index (χ2n) is 6.74. The molecular formula is C19H24N4O4S. The second-order valence-corrected chi connectivity index (χ2v) is 7.72. The number of ether oxygens (including phenoxy) is 1. The Morgan fingerprint density at radius 3 is 2.71 bits per heavy atom. The van der Waals surface area contributed by atoms with Crippen LogP contribution in [0.2, 0.25) is 0 Å². The zero-order chi connectivity index (χ0) is 20.1. The van der Waals surface area contributed by atoms with Gasteiger partial charge in [-0.2, -0.15) is 0 Å². The summed E-state index contributed by atoms with van der Waals surface area (Å²) < 4.78 is 5.43. The molecule has 2 heterocycles. The van der Waals surface area contributed by atoms with Crippen molar-refractivity contribution in [1.29, 1.82) is 0 Å². The quantitative estimate of drug-likeness (QED) is 0.564. The summed E-state index contributed by atoms with van der Waals surface area (Å²) in [5, 5.41) is 16.3. The fraction of sp³-hybridized carbons (Fsp3) is 0.421. The van der Waals surface area contributed by atoms with Gasteiger partial charge in [-0.25, -0.2) is 0 Å². The van der Waals surface area contributed by atoms with E-state index in [1.807, 2.05) is 11.4 Å². The summed E-state index contributed by atoms with van der Waals surface area (Å²) in [5.74, 6) is -0.316. The summed E-state index contributed by atoms with van der Waals surface area (Å²) in [6.45, 7) is 3.40. The maximum Gasteiger partial charge on any atom is 0.293 e. The minimum atomic E-state index is -0.464. The van der Waals surface area contributed by atoms with Gasteiger partial charge in [0.2, 0.25) is 0 Å². The fourth-order valence-corrected chi connectivity index (χ4v) is 4.12. The summed E-state index contributed by atoms with van der Waals surface area (Å²) in [6, 6.07) is 8.67. The second kappa shape index (κ2) is 9.13. The zero-order valence-electron chi connectivity index (χ0n) is 16.0. The molecule has 1 atom stereocenters. The monoisotopic (exact) mass is 404 g/mol. The number of nitrogens with one attached hydrogen (secondary N) is 1. The number of rotatable bonds is 7. The first kappa shape index (κ1) is 20.2. The summed E-state index contributed by atoms with van der Waals surface area (Å²) in [6.07, 6.45) is 0. The van der Waals surface area contributed by atoms with Gasteiger partial charge >= 0.3 is 0 Å². The van der Waals surface area contributed by atoms with Gasteiger partial charge in [-0.05, 0) is 23.6 Å². The van der Waals surface area contributed by atoms with Gasteiger partial charge in [-0.3, -0.25) is 19.8 Å². The van der Waals surface area contributed by atoms with Crippen LogP contribution in [0.1, 0.15) is 21.3 Å². The first-order chi connectivity index (χ1) is 13.5. The molecule has 0 aliphatic carbocycles. The highest BCUT2D eigenvalue weighted by molar-refractivity contribution is 7.10. The van der Waals surface area contributed by atoms with E-state index < -0.39 is 4.92 Å². The van der Waals surface area contributed by atoms with Gasteiger partial charge in [0.1, 0.15) is 5.69 Å². The maximum atomic E-state index is 12.7. The van der Waals surface area contributed by atoms with E-state index in [2.05, 4.69) is 16.3 Å². The van der Waals surface area contributed by atoms with Gasteiger partial charge in [0, 0.05) is 50.2 Å². The number of hydrogen-bond donors (Lipinski definition) is 1. The molecule has 1 amide bonds. The molecule has 0 spiro atoms. The van der Waals surface area contributed by atoms with Crippen LogP contribution in [0, 0.1) is 10.1 Å². The van der Waals surface area contributed by atoms with Gasteiger partial charge in [0.05, 0.1) is 24.2 Å². The molecule has 1 fully saturated rings. The Labute approximate surface area is 167 Å². The van der Waals surface area contributed by atoms with Crippen LogP contribution in [-0.4, -0.2) is 62.7 Å². The van der Waals surface area contributed by atoms with Crippen molar-refractivity contribution in [2.75, 3.05) is 51.8 Å². The third-order valence-corrected chi connectivity index (χ3v) is 5.70. The van der Waals surface area contributed by atoms with Crippen molar-refractivity contribution in [2.24, 2.45) is 0 Å². The lowest BCUT2D eigenvalue weighted by molar-refractivity contribution is -0.384. The van der Waals surface area contributed by atoms with Crippen LogP contribution in [-0.2, 0) is 4.74 Å². The Morgan fingerprint density at radius 2 is 2.11 bits per heavy atom. The minimum Gasteiger partial charge on any atom is -0.379 e. The van der Waals surface area contributed by atoms with E-state index in [0.717, 1.165) is 13.1 Å². The average Bonchev–Trinajstić information content (AvgIpc) is 3.22. The number of hydrogen-bond acceptors (Lipinski definition) is 7. The SMILES string of the molecule is CN(C)c1ccc(C(=O)NC[C@@H](c2cccs2)N2CCOCC2)cc1[N+](=O)[O-]. The van der Waals surface area contributed by atoms with E-state index in [-0.39, 0.29) is 23.2 Å². The van der Waals surface area contributed by atoms with Crippen LogP contribution >= 0.6 is 11.3 Å². The largest absolute Gasteiger partial charge is 0.379 e. The number of benzene rings is 1. The molecule has 9 heteroatoms. The molecule has 0 unspecified atom stereocenters. The van der Waals surface area contributed by atoms with Gasteiger partial charge in [0.25, 0.3) is 11.6 Å². The van der Waals surface area contributed by atoms with E-state index in [1.54, 1.807) is 42.5 Å². The molecule has 0 radical (unpaired) electrons. The number of carbonyl (C=O) groups excluding carboxylic acids is 1. The number of anilines is 1. The van der Waals surface area contributed by atoms with E-state index in [1.165, 1.54) is 10.9 Å². The van der Waals surface area contributed by atoms with Gasteiger partial charge in [0.15, 0.2) is 0 Å². The fourth-order valence-electron chi connectivity index (χ4n) is 3.26. The highest BCUT2D eigenvalue weighted by atomic mass is 32.1. The lowest BCUT2D eigenvalue weighted by Gasteiger charge is -2.34. The zero-order valence-corrected chi connectivity index (χ0v) is 16.8. The molecule has 1 aromatic heterocycles. The molecule has 8 nitrogen and oxygen atoms in total. The van der Waals surface area contributed by atoms with Crippen LogP contribution in [0.5, 0.6) is 0 Å². The predicted molar refractivity (Wildman–Crippen MR) is 109 cm³/mol. The molecule has 1 aliphatic rings. The van der Waals surface area contributed by atoms with Gasteiger partial charge in [-0.15, -0.1) is 11.3 Å². The number of thiophene rings is 1. The molecule has 3 rings (SSSR count). The lowest BCUT2D eigenvalue weighted by Crippen LogP contribution is -2.43. The van der Waals surface area contributed by atoms with Crippen molar-refractivity contribution >= 4 is 28.6 Å². The Morgan fingerprint density at radius 1 is 1.36 bits per heavy atom. The molecule has 1 aromatic carbocycles. The molecule has 28 heavy (non-hydrogen) atoms. The van der Waals surface area contributed by atoms with Crippen molar-refractivity contribution in [3.8, 4) is 0 Å². The molecule has 150 valence electrons. The van der Waals surface area contributed by atoms with Crippen molar-refractivity contribution in [3.63, 3.8) is 0 Å². The molecule has 1 aliphatic heterocycles. The maximum absolute atomic E-state index is 12.7. The van der Waals surface area contributed by atoms with Crippen molar-refractivity contribution in [3.05, 3.63) is 56.3 Å².